The molecule has 0 radical (unpaired) electrons. The lowest BCUT2D eigenvalue weighted by molar-refractivity contribution is 0.0744. The van der Waals surface area contributed by atoms with Crippen LogP contribution in [-0.4, -0.2) is 29.9 Å². The van der Waals surface area contributed by atoms with E-state index >= 15 is 0 Å². The van der Waals surface area contributed by atoms with Gasteiger partial charge in [-0.05, 0) is 38.3 Å². The SMILES string of the molecule is CCNc1c(F)cccc1C(=O)N1CC(C)CC1C. The van der Waals surface area contributed by atoms with E-state index in [1.807, 2.05) is 18.7 Å². The first-order chi connectivity index (χ1) is 9.04. The highest BCUT2D eigenvalue weighted by atomic mass is 19.1. The van der Waals surface area contributed by atoms with Gasteiger partial charge >= 0.3 is 0 Å². The molecule has 1 aromatic carbocycles. The molecule has 1 fully saturated rings. The minimum absolute atomic E-state index is 0.0766. The van der Waals surface area contributed by atoms with E-state index in [0.29, 0.717) is 23.7 Å². The molecule has 1 amide bonds. The summed E-state index contributed by atoms with van der Waals surface area (Å²) < 4.78 is 13.8. The molecule has 1 aliphatic rings. The van der Waals surface area contributed by atoms with Crippen LogP contribution >= 0.6 is 0 Å². The Morgan fingerprint density at radius 1 is 1.47 bits per heavy atom. The second-order valence-electron chi connectivity index (χ2n) is 5.34. The van der Waals surface area contributed by atoms with Crippen molar-refractivity contribution in [3.63, 3.8) is 0 Å². The average molecular weight is 264 g/mol. The molecule has 0 aromatic heterocycles. The minimum atomic E-state index is -0.368. The lowest BCUT2D eigenvalue weighted by atomic mass is 10.1. The lowest BCUT2D eigenvalue weighted by Crippen LogP contribution is -2.34. The van der Waals surface area contributed by atoms with Crippen molar-refractivity contribution < 1.29 is 9.18 Å². The van der Waals surface area contributed by atoms with Gasteiger partial charge in [-0.2, -0.15) is 0 Å². The zero-order chi connectivity index (χ0) is 14.0. The van der Waals surface area contributed by atoms with Gasteiger partial charge in [0.25, 0.3) is 5.91 Å². The highest BCUT2D eigenvalue weighted by Crippen LogP contribution is 2.27. The van der Waals surface area contributed by atoms with E-state index in [9.17, 15) is 9.18 Å². The molecule has 104 valence electrons. The number of nitrogens with zero attached hydrogens (tertiary/aromatic N) is 1. The van der Waals surface area contributed by atoms with Crippen molar-refractivity contribution in [3.8, 4) is 0 Å². The summed E-state index contributed by atoms with van der Waals surface area (Å²) in [5, 5.41) is 2.95. The molecule has 3 nitrogen and oxygen atoms in total. The summed E-state index contributed by atoms with van der Waals surface area (Å²) in [6.07, 6.45) is 1.01. The molecule has 2 rings (SSSR count). The van der Waals surface area contributed by atoms with Crippen LogP contribution < -0.4 is 5.32 Å². The largest absolute Gasteiger partial charge is 0.382 e. The van der Waals surface area contributed by atoms with Crippen LogP contribution in [0.25, 0.3) is 0 Å². The Bertz CT molecular complexity index is 475. The Kier molecular flexibility index (Phi) is 4.08. The number of nitrogens with one attached hydrogen (secondary N) is 1. The summed E-state index contributed by atoms with van der Waals surface area (Å²) in [6, 6.07) is 4.89. The second kappa shape index (κ2) is 5.59. The number of hydrogen-bond donors (Lipinski definition) is 1. The van der Waals surface area contributed by atoms with Crippen molar-refractivity contribution in [1.82, 2.24) is 4.90 Å². The van der Waals surface area contributed by atoms with Crippen molar-refractivity contribution in [3.05, 3.63) is 29.6 Å². The standard InChI is InChI=1S/C15H21FN2O/c1-4-17-14-12(6-5-7-13(14)16)15(19)18-9-10(2)8-11(18)3/h5-7,10-11,17H,4,8-9H2,1-3H3. The van der Waals surface area contributed by atoms with Crippen molar-refractivity contribution in [2.75, 3.05) is 18.4 Å². The Morgan fingerprint density at radius 2 is 2.21 bits per heavy atom. The molecule has 1 aromatic rings. The maximum absolute atomic E-state index is 13.8. The van der Waals surface area contributed by atoms with Gasteiger partial charge in [0.2, 0.25) is 0 Å². The van der Waals surface area contributed by atoms with Crippen molar-refractivity contribution >= 4 is 11.6 Å². The topological polar surface area (TPSA) is 32.3 Å². The van der Waals surface area contributed by atoms with Crippen LogP contribution in [0.5, 0.6) is 0 Å². The zero-order valence-electron chi connectivity index (χ0n) is 11.7. The van der Waals surface area contributed by atoms with Gasteiger partial charge in [0, 0.05) is 19.1 Å². The molecule has 1 heterocycles. The van der Waals surface area contributed by atoms with Gasteiger partial charge in [0.15, 0.2) is 0 Å². The van der Waals surface area contributed by atoms with Gasteiger partial charge in [-0.15, -0.1) is 0 Å². The molecule has 4 heteroatoms. The maximum Gasteiger partial charge on any atom is 0.256 e. The molecule has 1 N–H and O–H groups in total. The Balaban J connectivity index is 2.31. The monoisotopic (exact) mass is 264 g/mol. The van der Waals surface area contributed by atoms with E-state index < -0.39 is 0 Å². The Hall–Kier alpha value is -1.58. The molecule has 1 saturated heterocycles. The second-order valence-corrected chi connectivity index (χ2v) is 5.34. The van der Waals surface area contributed by atoms with Crippen LogP contribution in [0.4, 0.5) is 10.1 Å². The lowest BCUT2D eigenvalue weighted by Gasteiger charge is -2.23. The number of carbonyl (C=O) groups excluding carboxylic acids is 1. The van der Waals surface area contributed by atoms with E-state index in [1.54, 1.807) is 12.1 Å². The number of halogens is 1. The summed E-state index contributed by atoms with van der Waals surface area (Å²) in [6.45, 7) is 7.42. The third kappa shape index (κ3) is 2.72. The van der Waals surface area contributed by atoms with Gasteiger partial charge < -0.3 is 10.2 Å². The first kappa shape index (κ1) is 13.8. The summed E-state index contributed by atoms with van der Waals surface area (Å²) in [5.74, 6) is 0.0648. The predicted molar refractivity (Wildman–Crippen MR) is 74.8 cm³/mol. The molecule has 19 heavy (non-hydrogen) atoms. The maximum atomic E-state index is 13.8. The fourth-order valence-corrected chi connectivity index (χ4v) is 2.80. The van der Waals surface area contributed by atoms with Gasteiger partial charge in [-0.1, -0.05) is 13.0 Å². The summed E-state index contributed by atoms with van der Waals surface area (Å²) >= 11 is 0. The first-order valence-corrected chi connectivity index (χ1v) is 6.88. The first-order valence-electron chi connectivity index (χ1n) is 6.88. The van der Waals surface area contributed by atoms with E-state index in [0.717, 1.165) is 13.0 Å². The molecule has 0 spiro atoms. The van der Waals surface area contributed by atoms with Crippen LogP contribution in [0, 0.1) is 11.7 Å². The highest BCUT2D eigenvalue weighted by Gasteiger charge is 2.31. The normalized spacial score (nSPS) is 22.6. The predicted octanol–water partition coefficient (Wildman–Crippen LogP) is 3.13. The molecular formula is C15H21FN2O. The van der Waals surface area contributed by atoms with Crippen molar-refractivity contribution in [2.24, 2.45) is 5.92 Å². The third-order valence-electron chi connectivity index (χ3n) is 3.64. The quantitative estimate of drug-likeness (QED) is 0.909. The van der Waals surface area contributed by atoms with Gasteiger partial charge in [0.1, 0.15) is 5.82 Å². The van der Waals surface area contributed by atoms with Crippen LogP contribution in [0.15, 0.2) is 18.2 Å². The van der Waals surface area contributed by atoms with Crippen LogP contribution in [0.1, 0.15) is 37.6 Å². The number of anilines is 1. The van der Waals surface area contributed by atoms with Crippen molar-refractivity contribution in [1.29, 1.82) is 0 Å². The van der Waals surface area contributed by atoms with Crippen LogP contribution in [0.3, 0.4) is 0 Å². The molecule has 1 aliphatic heterocycles. The molecule has 0 bridgehead atoms. The molecule has 2 unspecified atom stereocenters. The van der Waals surface area contributed by atoms with Crippen molar-refractivity contribution in [2.45, 2.75) is 33.2 Å². The molecular weight excluding hydrogens is 243 g/mol. The van der Waals surface area contributed by atoms with Crippen LogP contribution in [-0.2, 0) is 0 Å². The number of likely N-dealkylation sites (tertiary alicyclic amines) is 1. The average Bonchev–Trinajstić information content (AvgIpc) is 2.70. The number of rotatable bonds is 3. The fraction of sp³-hybridized carbons (Fsp3) is 0.533. The van der Waals surface area contributed by atoms with E-state index in [2.05, 4.69) is 12.2 Å². The number of benzene rings is 1. The summed E-state index contributed by atoms with van der Waals surface area (Å²) in [5.41, 5.74) is 0.754. The molecule has 0 saturated carbocycles. The van der Waals surface area contributed by atoms with E-state index in [1.165, 1.54) is 6.07 Å². The summed E-state index contributed by atoms with van der Waals surface area (Å²) in [4.78, 5) is 14.4. The van der Waals surface area contributed by atoms with Gasteiger partial charge in [-0.3, -0.25) is 4.79 Å². The molecule has 2 atom stereocenters. The Labute approximate surface area is 113 Å². The number of carbonyl (C=O) groups is 1. The Morgan fingerprint density at radius 3 is 2.79 bits per heavy atom. The van der Waals surface area contributed by atoms with Gasteiger partial charge in [-0.25, -0.2) is 4.39 Å². The smallest absolute Gasteiger partial charge is 0.256 e. The van der Waals surface area contributed by atoms with Crippen LogP contribution in [0.2, 0.25) is 0 Å². The number of hydrogen-bond acceptors (Lipinski definition) is 2. The van der Waals surface area contributed by atoms with E-state index in [4.69, 9.17) is 0 Å². The minimum Gasteiger partial charge on any atom is -0.382 e. The summed E-state index contributed by atoms with van der Waals surface area (Å²) in [7, 11) is 0. The third-order valence-corrected chi connectivity index (χ3v) is 3.64. The molecule has 0 aliphatic carbocycles. The fourth-order valence-electron chi connectivity index (χ4n) is 2.80. The van der Waals surface area contributed by atoms with Gasteiger partial charge in [0.05, 0.1) is 11.3 Å². The number of para-hydroxylation sites is 1. The zero-order valence-corrected chi connectivity index (χ0v) is 11.7. The van der Waals surface area contributed by atoms with E-state index in [-0.39, 0.29) is 17.8 Å². The number of amides is 1. The highest BCUT2D eigenvalue weighted by molar-refractivity contribution is 6.00.